The number of halogens is 3. The van der Waals surface area contributed by atoms with E-state index in [9.17, 15) is 0 Å². The average molecular weight is 416 g/mol. The van der Waals surface area contributed by atoms with Gasteiger partial charge in [0.1, 0.15) is 0 Å². The van der Waals surface area contributed by atoms with Crippen molar-refractivity contribution in [1.29, 1.82) is 0 Å². The summed E-state index contributed by atoms with van der Waals surface area (Å²) in [7, 11) is 0. The van der Waals surface area contributed by atoms with Crippen molar-refractivity contribution in [2.75, 3.05) is 0 Å². The van der Waals surface area contributed by atoms with Crippen LogP contribution in [0, 0.1) is 0 Å². The predicted molar refractivity (Wildman–Crippen MR) is 75.1 cm³/mol. The van der Waals surface area contributed by atoms with Crippen LogP contribution in [0.1, 0.15) is 11.3 Å². The first-order chi connectivity index (χ1) is 7.55. The van der Waals surface area contributed by atoms with Crippen LogP contribution in [0.15, 0.2) is 42.6 Å². The Morgan fingerprint density at radius 1 is 1.21 bits per heavy atom. The molecule has 1 aromatic heterocycles. The summed E-state index contributed by atoms with van der Waals surface area (Å²) in [6, 6.07) is 12.8. The third kappa shape index (κ3) is 6.53. The molecule has 0 fully saturated rings. The van der Waals surface area contributed by atoms with Gasteiger partial charge in [0, 0.05) is 11.9 Å². The van der Waals surface area contributed by atoms with Crippen LogP contribution in [0.5, 0.6) is 0 Å². The van der Waals surface area contributed by atoms with E-state index >= 15 is 0 Å². The van der Waals surface area contributed by atoms with Crippen molar-refractivity contribution >= 4 is 27.2 Å². The Morgan fingerprint density at radius 3 is 2.37 bits per heavy atom. The molecule has 0 spiro atoms. The molecule has 1 aromatic carbocycles. The van der Waals surface area contributed by atoms with Gasteiger partial charge in [-0.05, 0) is 18.6 Å². The fourth-order valence-electron chi connectivity index (χ4n) is 1.68. The molecule has 103 valence electrons. The van der Waals surface area contributed by atoms with E-state index in [1.807, 2.05) is 18.3 Å². The molecule has 19 heavy (non-hydrogen) atoms. The molecule has 2 aromatic rings. The summed E-state index contributed by atoms with van der Waals surface area (Å²) in [5.74, 6) is 0. The Labute approximate surface area is 147 Å². The Bertz CT molecular complexity index is 471. The van der Waals surface area contributed by atoms with Gasteiger partial charge in [0.2, 0.25) is 0 Å². The molecule has 0 bridgehead atoms. The van der Waals surface area contributed by atoms with Crippen molar-refractivity contribution in [3.05, 3.63) is 53.9 Å². The van der Waals surface area contributed by atoms with Gasteiger partial charge in [-0.15, -0.1) is 15.3 Å². The molecule has 0 N–H and O–H groups in total. The van der Waals surface area contributed by atoms with Crippen LogP contribution in [0.4, 0.5) is 0 Å². The van der Waals surface area contributed by atoms with E-state index in [0.717, 1.165) is 12.1 Å². The van der Waals surface area contributed by atoms with Gasteiger partial charge >= 0.3 is 17.4 Å². The maximum Gasteiger partial charge on any atom is 3.00 e. The predicted octanol–water partition coefficient (Wildman–Crippen LogP) is -2.80. The molecule has 0 aliphatic rings. The Balaban J connectivity index is 0. The molecule has 0 amide bonds. The molecule has 0 aliphatic carbocycles. The third-order valence-corrected chi connectivity index (χ3v) is 5.67. The maximum atomic E-state index is 4.35. The van der Waals surface area contributed by atoms with Gasteiger partial charge in [0.15, 0.2) is 0 Å². The quantitative estimate of drug-likeness (QED) is 0.300. The molecular formula is C13H15BrCl2CrNSi. The monoisotopic (exact) mass is 414 g/mol. The molecule has 1 heterocycles. The topological polar surface area (TPSA) is 12.9 Å². The zero-order chi connectivity index (χ0) is 11.6. The van der Waals surface area contributed by atoms with Crippen LogP contribution >= 0.6 is 15.3 Å². The van der Waals surface area contributed by atoms with Crippen LogP contribution in [-0.2, 0) is 23.8 Å². The van der Waals surface area contributed by atoms with E-state index in [1.165, 1.54) is 10.8 Å². The van der Waals surface area contributed by atoms with Crippen molar-refractivity contribution in [2.45, 2.75) is 19.5 Å². The average Bonchev–Trinajstić information content (AvgIpc) is 2.67. The van der Waals surface area contributed by atoms with Gasteiger partial charge in [-0.3, -0.25) is 4.98 Å². The standard InChI is InChI=1S/C13H15BrNSi.2ClH.Cr/c1-16(2,14)13-7-6-11(10-13)9-12-5-3-4-8-15-12;;;/h3-8,10H,9H2,1-2H3;2*1H;/q-1;;;+3/p-2. The smallest absolute Gasteiger partial charge is 1.00 e. The Morgan fingerprint density at radius 2 is 1.89 bits per heavy atom. The van der Waals surface area contributed by atoms with Gasteiger partial charge in [-0.2, -0.15) is 22.9 Å². The second-order valence-corrected chi connectivity index (χ2v) is 13.9. The van der Waals surface area contributed by atoms with E-state index in [0.29, 0.717) is 0 Å². The van der Waals surface area contributed by atoms with Crippen molar-refractivity contribution < 1.29 is 42.2 Å². The van der Waals surface area contributed by atoms with Crippen LogP contribution in [0.2, 0.25) is 13.1 Å². The fourth-order valence-corrected chi connectivity index (χ4v) is 3.43. The summed E-state index contributed by atoms with van der Waals surface area (Å²) in [6.45, 7) is 3.26. The van der Waals surface area contributed by atoms with E-state index in [4.69, 9.17) is 0 Å². The molecule has 1 radical (unpaired) electrons. The molecule has 0 unspecified atom stereocenters. The van der Waals surface area contributed by atoms with E-state index in [-0.39, 0.29) is 42.2 Å². The van der Waals surface area contributed by atoms with Crippen LogP contribution < -0.4 is 30.0 Å². The van der Waals surface area contributed by atoms with Crippen LogP contribution in [0.25, 0.3) is 0 Å². The summed E-state index contributed by atoms with van der Waals surface area (Å²) in [4.78, 5) is 4.35. The summed E-state index contributed by atoms with van der Waals surface area (Å²) >= 11 is 3.81. The molecule has 2 rings (SSSR count). The Kier molecular flexibility index (Phi) is 10.6. The minimum Gasteiger partial charge on any atom is -1.00 e. The molecule has 1 nitrogen and oxygen atoms in total. The minimum absolute atomic E-state index is 0. The van der Waals surface area contributed by atoms with Crippen molar-refractivity contribution in [3.8, 4) is 0 Å². The van der Waals surface area contributed by atoms with E-state index < -0.39 is 6.69 Å². The molecule has 0 atom stereocenters. The van der Waals surface area contributed by atoms with Gasteiger partial charge in [0.05, 0.1) is 6.69 Å². The second kappa shape index (κ2) is 9.28. The molecule has 0 aliphatic heterocycles. The largest absolute Gasteiger partial charge is 3.00 e. The van der Waals surface area contributed by atoms with Crippen molar-refractivity contribution in [3.63, 3.8) is 0 Å². The first-order valence-electron chi connectivity index (χ1n) is 5.40. The number of pyridine rings is 1. The zero-order valence-corrected chi connectivity index (χ0v) is 16.1. The van der Waals surface area contributed by atoms with Gasteiger partial charge < -0.3 is 24.8 Å². The zero-order valence-electron chi connectivity index (χ0n) is 10.7. The van der Waals surface area contributed by atoms with Crippen LogP contribution in [0.3, 0.4) is 0 Å². The van der Waals surface area contributed by atoms with Gasteiger partial charge in [-0.25, -0.2) is 6.07 Å². The van der Waals surface area contributed by atoms with E-state index in [2.05, 4.69) is 57.6 Å². The number of aromatic nitrogens is 1. The molecule has 0 saturated carbocycles. The summed E-state index contributed by atoms with van der Waals surface area (Å²) < 4.78 is 0. The first kappa shape index (κ1) is 21.6. The normalized spacial score (nSPS) is 9.84. The SMILES string of the molecule is C[Si](C)(Br)c1cc[c-](Cc2ccccn2)c1.[Cl-].[Cl-].[Cr+3]. The molecule has 6 heteroatoms. The Hall–Kier alpha value is 0.309. The molecule has 0 saturated heterocycles. The summed E-state index contributed by atoms with van der Waals surface area (Å²) in [5, 5.41) is 1.46. The van der Waals surface area contributed by atoms with Gasteiger partial charge in [0.25, 0.3) is 0 Å². The number of hydrogen-bond acceptors (Lipinski definition) is 1. The number of nitrogens with zero attached hydrogens (tertiary/aromatic N) is 1. The fraction of sp³-hybridized carbons (Fsp3) is 0.231. The van der Waals surface area contributed by atoms with Crippen LogP contribution in [-0.4, -0.2) is 11.7 Å². The number of hydrogen-bond donors (Lipinski definition) is 0. The van der Waals surface area contributed by atoms with Crippen molar-refractivity contribution in [2.24, 2.45) is 0 Å². The summed E-state index contributed by atoms with van der Waals surface area (Å²) in [5.41, 5.74) is 2.49. The maximum absolute atomic E-state index is 4.35. The first-order valence-corrected chi connectivity index (χ1v) is 10.7. The minimum atomic E-state index is -1.34. The second-order valence-electron chi connectivity index (χ2n) is 4.48. The van der Waals surface area contributed by atoms with Gasteiger partial charge in [-0.1, -0.05) is 19.2 Å². The number of rotatable bonds is 3. The van der Waals surface area contributed by atoms with E-state index in [1.54, 1.807) is 0 Å². The van der Waals surface area contributed by atoms with Crippen molar-refractivity contribution in [1.82, 2.24) is 4.98 Å². The molecular weight excluding hydrogens is 401 g/mol. The summed E-state index contributed by atoms with van der Waals surface area (Å²) in [6.07, 6.45) is 2.78. The third-order valence-electron chi connectivity index (χ3n) is 2.62.